The standard InChI is InChI=1S/C30H25N5O4/c1-4-24(36)34-21-12-8-20(9-13-21)29-27(28(30(31)37)23-16-32-26(38-3)17-35(23)29)19-10-14-22(15-11-19)39-25-7-5-6-18(2)33-25/h4-17H,1H2,2-3H3,(H2,31,37)(H,34,36). The molecule has 0 unspecified atom stereocenters. The Balaban J connectivity index is 1.66. The van der Waals surface area contributed by atoms with Gasteiger partial charge in [-0.2, -0.15) is 0 Å². The molecule has 0 fully saturated rings. The van der Waals surface area contributed by atoms with Crippen molar-refractivity contribution in [2.24, 2.45) is 5.73 Å². The average molecular weight is 520 g/mol. The molecule has 0 aliphatic heterocycles. The molecule has 2 amide bonds. The number of nitrogens with two attached hydrogens (primary N) is 1. The van der Waals surface area contributed by atoms with Crippen molar-refractivity contribution in [1.29, 1.82) is 0 Å². The van der Waals surface area contributed by atoms with Gasteiger partial charge in [-0.15, -0.1) is 0 Å². The van der Waals surface area contributed by atoms with Crippen LogP contribution in [0, 0.1) is 6.92 Å². The number of pyridine rings is 1. The van der Waals surface area contributed by atoms with Crippen LogP contribution in [-0.2, 0) is 4.79 Å². The SMILES string of the molecule is C=CC(=O)Nc1ccc(-c2c(-c3ccc(Oc4cccc(C)n4)cc3)c(C(N)=O)c3cnc(OC)cn23)cc1. The van der Waals surface area contributed by atoms with Crippen LogP contribution in [0.15, 0.2) is 91.8 Å². The minimum atomic E-state index is -0.597. The zero-order valence-corrected chi connectivity index (χ0v) is 21.3. The van der Waals surface area contributed by atoms with E-state index in [0.29, 0.717) is 45.5 Å². The second kappa shape index (κ2) is 10.5. The highest BCUT2D eigenvalue weighted by molar-refractivity contribution is 6.10. The van der Waals surface area contributed by atoms with E-state index in [2.05, 4.69) is 21.9 Å². The third-order valence-corrected chi connectivity index (χ3v) is 6.09. The molecule has 9 heteroatoms. The molecular weight excluding hydrogens is 494 g/mol. The minimum absolute atomic E-state index is 0.313. The Bertz CT molecular complexity index is 1710. The van der Waals surface area contributed by atoms with E-state index < -0.39 is 5.91 Å². The molecule has 5 rings (SSSR count). The van der Waals surface area contributed by atoms with E-state index in [4.69, 9.17) is 15.2 Å². The van der Waals surface area contributed by atoms with Crippen LogP contribution in [0.2, 0.25) is 0 Å². The third-order valence-electron chi connectivity index (χ3n) is 6.09. The quantitative estimate of drug-likeness (QED) is 0.265. The second-order valence-corrected chi connectivity index (χ2v) is 8.66. The predicted octanol–water partition coefficient (Wildman–Crippen LogP) is 5.40. The summed E-state index contributed by atoms with van der Waals surface area (Å²) >= 11 is 0. The Morgan fingerprint density at radius 1 is 1.00 bits per heavy atom. The van der Waals surface area contributed by atoms with Crippen LogP contribution in [0.4, 0.5) is 5.69 Å². The number of carbonyl (C=O) groups excluding carboxylic acids is 2. The number of aryl methyl sites for hydroxylation is 1. The number of hydrogen-bond acceptors (Lipinski definition) is 6. The van der Waals surface area contributed by atoms with Gasteiger partial charge >= 0.3 is 0 Å². The highest BCUT2D eigenvalue weighted by Gasteiger charge is 2.25. The number of aromatic nitrogens is 3. The summed E-state index contributed by atoms with van der Waals surface area (Å²) in [5, 5.41) is 2.74. The molecule has 0 aliphatic rings. The summed E-state index contributed by atoms with van der Waals surface area (Å²) in [6.07, 6.45) is 4.47. The lowest BCUT2D eigenvalue weighted by molar-refractivity contribution is -0.111. The summed E-state index contributed by atoms with van der Waals surface area (Å²) in [7, 11) is 1.52. The van der Waals surface area contributed by atoms with Crippen LogP contribution >= 0.6 is 0 Å². The fourth-order valence-corrected chi connectivity index (χ4v) is 4.35. The molecule has 3 N–H and O–H groups in total. The van der Waals surface area contributed by atoms with E-state index in [1.54, 1.807) is 30.6 Å². The Morgan fingerprint density at radius 3 is 2.36 bits per heavy atom. The molecule has 0 atom stereocenters. The van der Waals surface area contributed by atoms with Gasteiger partial charge in [0.25, 0.3) is 5.91 Å². The second-order valence-electron chi connectivity index (χ2n) is 8.66. The Kier molecular flexibility index (Phi) is 6.79. The molecule has 39 heavy (non-hydrogen) atoms. The summed E-state index contributed by atoms with van der Waals surface area (Å²) in [5.74, 6) is 0.531. The normalized spacial score (nSPS) is 10.7. The van der Waals surface area contributed by atoms with Crippen molar-refractivity contribution in [3.63, 3.8) is 0 Å². The largest absolute Gasteiger partial charge is 0.480 e. The van der Waals surface area contributed by atoms with Crippen molar-refractivity contribution in [2.75, 3.05) is 12.4 Å². The number of nitrogens with one attached hydrogen (secondary N) is 1. The number of amides is 2. The van der Waals surface area contributed by atoms with Crippen LogP contribution in [0.1, 0.15) is 16.1 Å². The van der Waals surface area contributed by atoms with Gasteiger partial charge in [-0.3, -0.25) is 9.59 Å². The number of primary amides is 1. The van der Waals surface area contributed by atoms with Crippen molar-refractivity contribution in [2.45, 2.75) is 6.92 Å². The van der Waals surface area contributed by atoms with Gasteiger partial charge in [0.05, 0.1) is 36.3 Å². The monoisotopic (exact) mass is 519 g/mol. The number of methoxy groups -OCH3 is 1. The lowest BCUT2D eigenvalue weighted by atomic mass is 9.96. The maximum Gasteiger partial charge on any atom is 0.251 e. The average Bonchev–Trinajstić information content (AvgIpc) is 3.28. The lowest BCUT2D eigenvalue weighted by Crippen LogP contribution is -2.12. The first-order valence-corrected chi connectivity index (χ1v) is 12.0. The number of ether oxygens (including phenoxy) is 2. The first kappa shape index (κ1) is 25.2. The zero-order chi connectivity index (χ0) is 27.5. The van der Waals surface area contributed by atoms with Gasteiger partial charge in [0, 0.05) is 23.0 Å². The summed E-state index contributed by atoms with van der Waals surface area (Å²) < 4.78 is 13.1. The van der Waals surface area contributed by atoms with Gasteiger partial charge in [-0.25, -0.2) is 9.97 Å². The molecule has 0 spiro atoms. The number of carbonyl (C=O) groups is 2. The number of nitrogens with zero attached hydrogens (tertiary/aromatic N) is 3. The number of fused-ring (bicyclic) bond motifs is 1. The smallest absolute Gasteiger partial charge is 0.251 e. The summed E-state index contributed by atoms with van der Waals surface area (Å²) in [4.78, 5) is 33.2. The maximum absolute atomic E-state index is 12.8. The fourth-order valence-electron chi connectivity index (χ4n) is 4.35. The van der Waals surface area contributed by atoms with Crippen LogP contribution in [0.25, 0.3) is 27.9 Å². The van der Waals surface area contributed by atoms with Crippen molar-refractivity contribution in [1.82, 2.24) is 14.4 Å². The molecule has 0 radical (unpaired) electrons. The number of rotatable bonds is 8. The highest BCUT2D eigenvalue weighted by atomic mass is 16.5. The van der Waals surface area contributed by atoms with E-state index in [1.807, 2.05) is 59.9 Å². The maximum atomic E-state index is 12.8. The highest BCUT2D eigenvalue weighted by Crippen LogP contribution is 2.40. The fraction of sp³-hybridized carbons (Fsp3) is 0.0667. The van der Waals surface area contributed by atoms with E-state index in [-0.39, 0.29) is 5.91 Å². The van der Waals surface area contributed by atoms with Crippen molar-refractivity contribution in [3.8, 4) is 39.9 Å². The summed E-state index contributed by atoms with van der Waals surface area (Å²) in [5.41, 5.74) is 11.1. The Hall–Kier alpha value is -5.44. The molecule has 3 heterocycles. The van der Waals surface area contributed by atoms with Crippen LogP contribution in [0.3, 0.4) is 0 Å². The lowest BCUT2D eigenvalue weighted by Gasteiger charge is -2.11. The predicted molar refractivity (Wildman–Crippen MR) is 149 cm³/mol. The Morgan fingerprint density at radius 2 is 1.72 bits per heavy atom. The molecule has 2 aromatic carbocycles. The third kappa shape index (κ3) is 5.05. The van der Waals surface area contributed by atoms with E-state index in [1.165, 1.54) is 13.2 Å². The van der Waals surface area contributed by atoms with Crippen LogP contribution in [0.5, 0.6) is 17.5 Å². The zero-order valence-electron chi connectivity index (χ0n) is 21.3. The first-order chi connectivity index (χ1) is 18.9. The molecule has 0 aliphatic carbocycles. The van der Waals surface area contributed by atoms with Crippen molar-refractivity contribution in [3.05, 3.63) is 103 Å². The Labute approximate surface area is 224 Å². The molecule has 3 aromatic heterocycles. The van der Waals surface area contributed by atoms with Gasteiger partial charge in [-0.05, 0) is 54.5 Å². The van der Waals surface area contributed by atoms with Gasteiger partial charge < -0.3 is 24.9 Å². The summed E-state index contributed by atoms with van der Waals surface area (Å²) in [6.45, 7) is 5.37. The molecule has 5 aromatic rings. The van der Waals surface area contributed by atoms with Gasteiger partial charge in [-0.1, -0.05) is 36.9 Å². The molecule has 9 nitrogen and oxygen atoms in total. The van der Waals surface area contributed by atoms with E-state index in [0.717, 1.165) is 16.8 Å². The molecule has 194 valence electrons. The van der Waals surface area contributed by atoms with Crippen LogP contribution in [-0.4, -0.2) is 33.3 Å². The molecule has 0 saturated heterocycles. The number of anilines is 1. The van der Waals surface area contributed by atoms with Gasteiger partial charge in [0.1, 0.15) is 5.75 Å². The molecular formula is C30H25N5O4. The van der Waals surface area contributed by atoms with Crippen molar-refractivity contribution >= 4 is 23.0 Å². The first-order valence-electron chi connectivity index (χ1n) is 12.0. The van der Waals surface area contributed by atoms with Gasteiger partial charge in [0.2, 0.25) is 17.7 Å². The van der Waals surface area contributed by atoms with E-state index >= 15 is 0 Å². The number of benzene rings is 2. The topological polar surface area (TPSA) is 121 Å². The van der Waals surface area contributed by atoms with Crippen LogP contribution < -0.4 is 20.5 Å². The minimum Gasteiger partial charge on any atom is -0.480 e. The van der Waals surface area contributed by atoms with Crippen molar-refractivity contribution < 1.29 is 19.1 Å². The molecule has 0 saturated carbocycles. The molecule has 0 bridgehead atoms. The van der Waals surface area contributed by atoms with E-state index in [9.17, 15) is 9.59 Å². The number of hydrogen-bond donors (Lipinski definition) is 2. The summed E-state index contributed by atoms with van der Waals surface area (Å²) in [6, 6.07) is 20.1. The van der Waals surface area contributed by atoms with Gasteiger partial charge in [0.15, 0.2) is 0 Å².